The third kappa shape index (κ3) is 4.43. The van der Waals surface area contributed by atoms with E-state index < -0.39 is 6.04 Å². The number of likely N-dealkylation sites (tertiary alicyclic amines) is 1. The molecule has 7 rings (SSSR count). The second-order valence-electron chi connectivity index (χ2n) is 11.2. The molecule has 3 fully saturated rings. The number of carbonyl (C=O) groups is 3. The number of carbonyl (C=O) groups excluding carboxylic acids is 3. The van der Waals surface area contributed by atoms with Crippen molar-refractivity contribution in [2.45, 2.75) is 63.7 Å². The Morgan fingerprint density at radius 1 is 1.00 bits per heavy atom. The van der Waals surface area contributed by atoms with Crippen molar-refractivity contribution in [1.29, 1.82) is 0 Å². The Kier molecular flexibility index (Phi) is 6.20. The van der Waals surface area contributed by atoms with Gasteiger partial charge in [-0.25, -0.2) is 4.98 Å². The molecule has 0 radical (unpaired) electrons. The minimum Gasteiger partial charge on any atom is -0.381 e. The van der Waals surface area contributed by atoms with E-state index >= 15 is 0 Å². The second-order valence-corrected chi connectivity index (χ2v) is 11.2. The zero-order valence-electron chi connectivity index (χ0n) is 22.0. The summed E-state index contributed by atoms with van der Waals surface area (Å²) in [6.07, 6.45) is 7.24. The molecule has 2 aromatic heterocycles. The number of benzene rings is 1. The molecule has 9 heteroatoms. The van der Waals surface area contributed by atoms with Gasteiger partial charge in [0.1, 0.15) is 11.7 Å². The lowest BCUT2D eigenvalue weighted by molar-refractivity contribution is -0.136. The van der Waals surface area contributed by atoms with Crippen molar-refractivity contribution in [2.75, 3.05) is 26.3 Å². The van der Waals surface area contributed by atoms with Crippen molar-refractivity contribution in [3.8, 4) is 11.3 Å². The Morgan fingerprint density at radius 2 is 1.82 bits per heavy atom. The normalized spacial score (nSPS) is 22.6. The molecule has 1 unspecified atom stereocenters. The highest BCUT2D eigenvalue weighted by Crippen LogP contribution is 2.34. The summed E-state index contributed by atoms with van der Waals surface area (Å²) in [6, 6.07) is 10.1. The highest BCUT2D eigenvalue weighted by molar-refractivity contribution is 6.05. The van der Waals surface area contributed by atoms with Crippen molar-refractivity contribution in [2.24, 2.45) is 0 Å². The predicted octanol–water partition coefficient (Wildman–Crippen LogP) is 3.41. The summed E-state index contributed by atoms with van der Waals surface area (Å²) in [4.78, 5) is 46.6. The summed E-state index contributed by atoms with van der Waals surface area (Å²) in [7, 11) is 0. The van der Waals surface area contributed by atoms with Crippen LogP contribution in [-0.2, 0) is 27.4 Å². The molecular formula is C30H33N5O4. The van der Waals surface area contributed by atoms with E-state index in [9.17, 15) is 14.4 Å². The van der Waals surface area contributed by atoms with Crippen LogP contribution >= 0.6 is 0 Å². The fourth-order valence-corrected chi connectivity index (χ4v) is 6.65. The Balaban J connectivity index is 1.25. The average Bonchev–Trinajstić information content (AvgIpc) is 3.69. The SMILES string of the molecule is O=C1CCC(N2Cc3cc(-c4cc(CN5CCCC5)c5ccn(C6CCOCC6)c5n4)ccc3C2=O)C(=O)N1. The maximum absolute atomic E-state index is 13.2. The van der Waals surface area contributed by atoms with E-state index in [0.717, 1.165) is 68.2 Å². The number of pyridine rings is 1. The lowest BCUT2D eigenvalue weighted by Crippen LogP contribution is -2.52. The molecule has 3 amide bonds. The van der Waals surface area contributed by atoms with Gasteiger partial charge in [0.25, 0.3) is 5.91 Å². The summed E-state index contributed by atoms with van der Waals surface area (Å²) < 4.78 is 7.95. The van der Waals surface area contributed by atoms with Crippen LogP contribution in [0.4, 0.5) is 0 Å². The molecule has 9 nitrogen and oxygen atoms in total. The number of ether oxygens (including phenoxy) is 1. The molecule has 39 heavy (non-hydrogen) atoms. The molecule has 3 saturated heterocycles. The molecule has 0 spiro atoms. The summed E-state index contributed by atoms with van der Waals surface area (Å²) in [5.74, 6) is -0.822. The maximum Gasteiger partial charge on any atom is 0.255 e. The number of aromatic nitrogens is 2. The molecule has 0 bridgehead atoms. The number of imide groups is 1. The Morgan fingerprint density at radius 3 is 2.62 bits per heavy atom. The van der Waals surface area contributed by atoms with E-state index in [0.29, 0.717) is 24.6 Å². The van der Waals surface area contributed by atoms with Crippen LogP contribution < -0.4 is 5.32 Å². The van der Waals surface area contributed by atoms with Crippen molar-refractivity contribution in [1.82, 2.24) is 24.7 Å². The van der Waals surface area contributed by atoms with E-state index in [1.165, 1.54) is 23.8 Å². The minimum atomic E-state index is -0.615. The minimum absolute atomic E-state index is 0.155. The predicted molar refractivity (Wildman–Crippen MR) is 145 cm³/mol. The fourth-order valence-electron chi connectivity index (χ4n) is 6.65. The van der Waals surface area contributed by atoms with Crippen LogP contribution in [0.15, 0.2) is 36.5 Å². The van der Waals surface area contributed by atoms with Gasteiger partial charge in [-0.15, -0.1) is 0 Å². The van der Waals surface area contributed by atoms with Gasteiger partial charge >= 0.3 is 0 Å². The zero-order chi connectivity index (χ0) is 26.5. The van der Waals surface area contributed by atoms with Crippen molar-refractivity contribution in [3.63, 3.8) is 0 Å². The molecule has 0 aliphatic carbocycles. The number of piperidine rings is 1. The number of nitrogens with one attached hydrogen (secondary N) is 1. The van der Waals surface area contributed by atoms with E-state index in [2.05, 4.69) is 39.2 Å². The largest absolute Gasteiger partial charge is 0.381 e. The van der Waals surface area contributed by atoms with Gasteiger partial charge < -0.3 is 14.2 Å². The first-order valence-electron chi connectivity index (χ1n) is 14.1. The van der Waals surface area contributed by atoms with Gasteiger partial charge in [0.2, 0.25) is 11.8 Å². The number of hydrogen-bond acceptors (Lipinski definition) is 6. The quantitative estimate of drug-likeness (QED) is 0.511. The first-order chi connectivity index (χ1) is 19.0. The second kappa shape index (κ2) is 9.88. The van der Waals surface area contributed by atoms with Gasteiger partial charge in [-0.3, -0.25) is 24.6 Å². The number of fused-ring (bicyclic) bond motifs is 2. The molecule has 1 aromatic carbocycles. The summed E-state index contributed by atoms with van der Waals surface area (Å²) in [5, 5.41) is 3.58. The molecular weight excluding hydrogens is 494 g/mol. The van der Waals surface area contributed by atoms with Crippen molar-refractivity contribution in [3.05, 3.63) is 53.2 Å². The Bertz CT molecular complexity index is 1470. The number of nitrogens with zero attached hydrogens (tertiary/aromatic N) is 4. The van der Waals surface area contributed by atoms with Crippen LogP contribution in [0.5, 0.6) is 0 Å². The monoisotopic (exact) mass is 527 g/mol. The smallest absolute Gasteiger partial charge is 0.255 e. The third-order valence-electron chi connectivity index (χ3n) is 8.77. The van der Waals surface area contributed by atoms with Crippen molar-refractivity contribution < 1.29 is 19.1 Å². The molecule has 1 N–H and O–H groups in total. The fraction of sp³-hybridized carbons (Fsp3) is 0.467. The van der Waals surface area contributed by atoms with Gasteiger partial charge in [-0.2, -0.15) is 0 Å². The molecule has 6 heterocycles. The van der Waals surface area contributed by atoms with Crippen LogP contribution in [0.3, 0.4) is 0 Å². The van der Waals surface area contributed by atoms with Gasteiger partial charge in [0, 0.05) is 61.5 Å². The third-order valence-corrected chi connectivity index (χ3v) is 8.77. The lowest BCUT2D eigenvalue weighted by Gasteiger charge is -2.29. The molecule has 3 aromatic rings. The van der Waals surface area contributed by atoms with Gasteiger partial charge in [0.15, 0.2) is 0 Å². The Labute approximate surface area is 227 Å². The highest BCUT2D eigenvalue weighted by Gasteiger charge is 2.39. The molecule has 0 saturated carbocycles. The number of amides is 3. The van der Waals surface area contributed by atoms with Crippen LogP contribution in [0, 0.1) is 0 Å². The number of rotatable bonds is 5. The summed E-state index contributed by atoms with van der Waals surface area (Å²) in [6.45, 7) is 5.04. The summed E-state index contributed by atoms with van der Waals surface area (Å²) >= 11 is 0. The maximum atomic E-state index is 13.2. The van der Waals surface area contributed by atoms with E-state index in [4.69, 9.17) is 9.72 Å². The molecule has 202 valence electrons. The van der Waals surface area contributed by atoms with Gasteiger partial charge in [-0.1, -0.05) is 6.07 Å². The van der Waals surface area contributed by atoms with Crippen LogP contribution in [0.25, 0.3) is 22.3 Å². The lowest BCUT2D eigenvalue weighted by atomic mass is 10.0. The van der Waals surface area contributed by atoms with Gasteiger partial charge in [0.05, 0.1) is 5.69 Å². The first-order valence-corrected chi connectivity index (χ1v) is 14.1. The topological polar surface area (TPSA) is 96.8 Å². The van der Waals surface area contributed by atoms with Gasteiger partial charge in [-0.05, 0) is 80.6 Å². The van der Waals surface area contributed by atoms with E-state index in [1.54, 1.807) is 4.90 Å². The first kappa shape index (κ1) is 24.5. The standard InChI is InChI=1S/C30H33N5O4/c36-27-6-5-26(29(37)32-27)35-18-20-15-19(3-4-24(20)30(35)38)25-16-21(17-33-10-1-2-11-33)23-7-12-34(28(23)31-25)22-8-13-39-14-9-22/h3-4,7,12,15-16,22,26H,1-2,5-6,8-11,13-14,17-18H2,(H,32,36,37). The van der Waals surface area contributed by atoms with E-state index in [1.807, 2.05) is 12.1 Å². The average molecular weight is 528 g/mol. The number of hydrogen-bond donors (Lipinski definition) is 1. The zero-order valence-corrected chi connectivity index (χ0v) is 22.0. The van der Waals surface area contributed by atoms with Crippen LogP contribution in [0.2, 0.25) is 0 Å². The Hall–Kier alpha value is -3.56. The molecule has 4 aliphatic rings. The molecule has 1 atom stereocenters. The highest BCUT2D eigenvalue weighted by atomic mass is 16.5. The van der Waals surface area contributed by atoms with E-state index in [-0.39, 0.29) is 24.1 Å². The molecule has 4 aliphatic heterocycles. The van der Waals surface area contributed by atoms with Crippen LogP contribution in [0.1, 0.15) is 66.1 Å². The summed E-state index contributed by atoms with van der Waals surface area (Å²) in [5.41, 5.74) is 5.67. The van der Waals surface area contributed by atoms with Crippen molar-refractivity contribution >= 4 is 28.8 Å². The van der Waals surface area contributed by atoms with Crippen LogP contribution in [-0.4, -0.2) is 69.4 Å².